The Morgan fingerprint density at radius 3 is 2.48 bits per heavy atom. The van der Waals surface area contributed by atoms with E-state index in [0.717, 1.165) is 24.2 Å². The fourth-order valence-electron chi connectivity index (χ4n) is 3.56. The summed E-state index contributed by atoms with van der Waals surface area (Å²) in [4.78, 5) is 24.2. The summed E-state index contributed by atoms with van der Waals surface area (Å²) in [5.41, 5.74) is 4.63. The number of ether oxygens (including phenoxy) is 1. The quantitative estimate of drug-likeness (QED) is 0.664. The number of hydrogen-bond acceptors (Lipinski definition) is 3. The first-order chi connectivity index (χ1) is 14.0. The highest BCUT2D eigenvalue weighted by molar-refractivity contribution is 5.89. The highest BCUT2D eigenvalue weighted by Gasteiger charge is 2.14. The minimum Gasteiger partial charge on any atom is -0.497 e. The molecule has 0 bridgehead atoms. The highest BCUT2D eigenvalue weighted by Crippen LogP contribution is 2.24. The first kappa shape index (κ1) is 20.7. The van der Waals surface area contributed by atoms with Gasteiger partial charge in [0, 0.05) is 18.7 Å². The van der Waals surface area contributed by atoms with E-state index in [1.54, 1.807) is 31.4 Å². The molecule has 3 amide bonds. The smallest absolute Gasteiger partial charge is 0.319 e. The number of fused-ring (bicyclic) bond motifs is 1. The maximum atomic E-state index is 12.2. The van der Waals surface area contributed by atoms with Crippen LogP contribution in [0.2, 0.25) is 0 Å². The van der Waals surface area contributed by atoms with E-state index in [1.165, 1.54) is 24.0 Å². The molecule has 2 aromatic carbocycles. The molecule has 0 saturated carbocycles. The van der Waals surface area contributed by atoms with Crippen LogP contribution in [0.1, 0.15) is 48.9 Å². The molecular formula is C23H29N3O3. The summed E-state index contributed by atoms with van der Waals surface area (Å²) in [6.45, 7) is 2.26. The van der Waals surface area contributed by atoms with Crippen molar-refractivity contribution in [1.82, 2.24) is 10.6 Å². The van der Waals surface area contributed by atoms with Crippen molar-refractivity contribution >= 4 is 17.6 Å². The molecule has 0 radical (unpaired) electrons. The van der Waals surface area contributed by atoms with Crippen molar-refractivity contribution in [1.29, 1.82) is 0 Å². The molecule has 2 aromatic rings. The molecule has 1 aliphatic carbocycles. The maximum Gasteiger partial charge on any atom is 0.319 e. The van der Waals surface area contributed by atoms with Crippen molar-refractivity contribution in [2.45, 2.75) is 45.1 Å². The van der Waals surface area contributed by atoms with Crippen molar-refractivity contribution in [3.8, 4) is 5.75 Å². The van der Waals surface area contributed by atoms with E-state index in [2.05, 4.69) is 34.1 Å². The number of hydrogen-bond donors (Lipinski definition) is 3. The van der Waals surface area contributed by atoms with E-state index in [9.17, 15) is 9.59 Å². The lowest BCUT2D eigenvalue weighted by atomic mass is 9.89. The third-order valence-corrected chi connectivity index (χ3v) is 5.24. The van der Waals surface area contributed by atoms with E-state index in [4.69, 9.17) is 4.74 Å². The van der Waals surface area contributed by atoms with Crippen molar-refractivity contribution in [3.05, 3.63) is 59.2 Å². The zero-order valence-electron chi connectivity index (χ0n) is 17.1. The SMILES string of the molecule is COc1ccc(NC(=O)NCCC(=O)N[C@@H](C)c2ccc3c(c2)CCCC3)cc1. The molecular weight excluding hydrogens is 366 g/mol. The minimum atomic E-state index is -0.342. The second-order valence-corrected chi connectivity index (χ2v) is 7.38. The van der Waals surface area contributed by atoms with E-state index >= 15 is 0 Å². The summed E-state index contributed by atoms with van der Waals surface area (Å²) < 4.78 is 5.08. The van der Waals surface area contributed by atoms with Crippen LogP contribution in [0.5, 0.6) is 5.75 Å². The molecule has 3 rings (SSSR count). The number of nitrogens with one attached hydrogen (secondary N) is 3. The number of anilines is 1. The molecule has 6 heteroatoms. The standard InChI is InChI=1S/C23H29N3O3/c1-16(18-8-7-17-5-3-4-6-19(17)15-18)25-22(27)13-14-24-23(28)26-20-9-11-21(29-2)12-10-20/h7-12,15-16H,3-6,13-14H2,1-2H3,(H,25,27)(H2,24,26,28)/t16-/m0/s1. The molecule has 0 aromatic heterocycles. The number of carbonyl (C=O) groups excluding carboxylic acids is 2. The third kappa shape index (κ3) is 5.98. The van der Waals surface area contributed by atoms with E-state index in [0.29, 0.717) is 5.69 Å². The Kier molecular flexibility index (Phi) is 7.11. The van der Waals surface area contributed by atoms with Gasteiger partial charge >= 0.3 is 6.03 Å². The van der Waals surface area contributed by atoms with E-state index < -0.39 is 0 Å². The lowest BCUT2D eigenvalue weighted by molar-refractivity contribution is -0.121. The van der Waals surface area contributed by atoms with Crippen LogP contribution in [0.3, 0.4) is 0 Å². The monoisotopic (exact) mass is 395 g/mol. The number of urea groups is 1. The second kappa shape index (κ2) is 9.96. The summed E-state index contributed by atoms with van der Waals surface area (Å²) in [5, 5.41) is 8.44. The van der Waals surface area contributed by atoms with Gasteiger partial charge < -0.3 is 20.7 Å². The Morgan fingerprint density at radius 2 is 1.76 bits per heavy atom. The molecule has 0 spiro atoms. The molecule has 0 fully saturated rings. The first-order valence-corrected chi connectivity index (χ1v) is 10.1. The highest BCUT2D eigenvalue weighted by atomic mass is 16.5. The summed E-state index contributed by atoms with van der Waals surface area (Å²) in [5.74, 6) is 0.639. The van der Waals surface area contributed by atoms with Gasteiger partial charge in [-0.2, -0.15) is 0 Å². The van der Waals surface area contributed by atoms with Crippen molar-refractivity contribution in [3.63, 3.8) is 0 Å². The van der Waals surface area contributed by atoms with Crippen molar-refractivity contribution < 1.29 is 14.3 Å². The van der Waals surface area contributed by atoms with Gasteiger partial charge in [0.15, 0.2) is 0 Å². The van der Waals surface area contributed by atoms with Crippen LogP contribution >= 0.6 is 0 Å². The van der Waals surface area contributed by atoms with Gasteiger partial charge in [-0.15, -0.1) is 0 Å². The Bertz CT molecular complexity index is 849. The lowest BCUT2D eigenvalue weighted by Crippen LogP contribution is -2.34. The number of amides is 3. The van der Waals surface area contributed by atoms with Gasteiger partial charge in [0.1, 0.15) is 5.75 Å². The summed E-state index contributed by atoms with van der Waals surface area (Å²) in [6, 6.07) is 13.2. The first-order valence-electron chi connectivity index (χ1n) is 10.1. The van der Waals surface area contributed by atoms with Crippen LogP contribution in [0, 0.1) is 0 Å². The molecule has 154 valence electrons. The van der Waals surface area contributed by atoms with Crippen LogP contribution in [0.4, 0.5) is 10.5 Å². The number of aryl methyl sites for hydroxylation is 2. The molecule has 0 heterocycles. The Balaban J connectivity index is 1.40. The largest absolute Gasteiger partial charge is 0.497 e. The lowest BCUT2D eigenvalue weighted by Gasteiger charge is -2.20. The van der Waals surface area contributed by atoms with Crippen molar-refractivity contribution in [2.24, 2.45) is 0 Å². The van der Waals surface area contributed by atoms with Gasteiger partial charge in [0.2, 0.25) is 5.91 Å². The minimum absolute atomic E-state index is 0.0529. The summed E-state index contributed by atoms with van der Waals surface area (Å²) >= 11 is 0. The number of benzene rings is 2. The molecule has 0 unspecified atom stereocenters. The molecule has 1 aliphatic rings. The topological polar surface area (TPSA) is 79.5 Å². The predicted octanol–water partition coefficient (Wildman–Crippen LogP) is 3.96. The number of methoxy groups -OCH3 is 1. The van der Waals surface area contributed by atoms with Gasteiger partial charge in [-0.3, -0.25) is 4.79 Å². The Morgan fingerprint density at radius 1 is 1.03 bits per heavy atom. The van der Waals surface area contributed by atoms with Crippen LogP contribution < -0.4 is 20.7 Å². The zero-order chi connectivity index (χ0) is 20.6. The average Bonchev–Trinajstić information content (AvgIpc) is 2.73. The van der Waals surface area contributed by atoms with E-state index in [1.807, 2.05) is 6.92 Å². The fourth-order valence-corrected chi connectivity index (χ4v) is 3.56. The summed E-state index contributed by atoms with van der Waals surface area (Å²) in [7, 11) is 1.59. The van der Waals surface area contributed by atoms with Gasteiger partial charge in [-0.1, -0.05) is 18.2 Å². The number of rotatable bonds is 7. The fraction of sp³-hybridized carbons (Fsp3) is 0.391. The van der Waals surface area contributed by atoms with Gasteiger partial charge in [-0.05, 0) is 73.6 Å². The van der Waals surface area contributed by atoms with Crippen molar-refractivity contribution in [2.75, 3.05) is 19.0 Å². The third-order valence-electron chi connectivity index (χ3n) is 5.24. The van der Waals surface area contributed by atoms with Crippen LogP contribution in [-0.2, 0) is 17.6 Å². The molecule has 0 aliphatic heterocycles. The second-order valence-electron chi connectivity index (χ2n) is 7.38. The molecule has 1 atom stereocenters. The molecule has 0 saturated heterocycles. The van der Waals surface area contributed by atoms with Gasteiger partial charge in [0.25, 0.3) is 0 Å². The number of carbonyl (C=O) groups is 2. The Hall–Kier alpha value is -3.02. The molecule has 3 N–H and O–H groups in total. The van der Waals surface area contributed by atoms with Gasteiger partial charge in [-0.25, -0.2) is 4.79 Å². The van der Waals surface area contributed by atoms with Crippen LogP contribution in [0.25, 0.3) is 0 Å². The molecule has 29 heavy (non-hydrogen) atoms. The summed E-state index contributed by atoms with van der Waals surface area (Å²) in [6.07, 6.45) is 5.00. The predicted molar refractivity (Wildman–Crippen MR) is 114 cm³/mol. The van der Waals surface area contributed by atoms with E-state index in [-0.39, 0.29) is 30.9 Å². The Labute approximate surface area is 172 Å². The normalized spacial score (nSPS) is 13.7. The van der Waals surface area contributed by atoms with Gasteiger partial charge in [0.05, 0.1) is 13.2 Å². The van der Waals surface area contributed by atoms with Crippen LogP contribution in [0.15, 0.2) is 42.5 Å². The van der Waals surface area contributed by atoms with Crippen LogP contribution in [-0.4, -0.2) is 25.6 Å². The average molecular weight is 396 g/mol. The maximum absolute atomic E-state index is 12.2. The zero-order valence-corrected chi connectivity index (χ0v) is 17.1. The molecule has 6 nitrogen and oxygen atoms in total.